The molecule has 180 valence electrons. The van der Waals surface area contributed by atoms with Gasteiger partial charge in [0.25, 0.3) is 0 Å². The van der Waals surface area contributed by atoms with Crippen molar-refractivity contribution >= 4 is 30.5 Å². The minimum absolute atomic E-state index is 0. The van der Waals surface area contributed by atoms with E-state index in [4.69, 9.17) is 18.9 Å². The minimum atomic E-state index is -0.602. The number of piperazine rings is 1. The van der Waals surface area contributed by atoms with Crippen LogP contribution in [0.4, 0.5) is 5.69 Å². The van der Waals surface area contributed by atoms with Crippen LogP contribution in [0.1, 0.15) is 18.1 Å². The summed E-state index contributed by atoms with van der Waals surface area (Å²) in [7, 11) is 6.42. The maximum atomic E-state index is 10.7. The standard InChI is InChI=1S/C23H32N2O5.2ClH/c1-27-19-7-5-6-18(16-19)25-12-10-24(11-13-25)9-8-20(26)17-14-21(28-2)23(30-4)22(15-17)29-3;;/h5-7,14-16,20,26H,8-13H2,1-4H3;2*1H. The summed E-state index contributed by atoms with van der Waals surface area (Å²) in [5, 5.41) is 10.7. The van der Waals surface area contributed by atoms with Crippen LogP contribution in [0.2, 0.25) is 0 Å². The monoisotopic (exact) mass is 488 g/mol. The van der Waals surface area contributed by atoms with Crippen LogP contribution in [0.3, 0.4) is 0 Å². The highest BCUT2D eigenvalue weighted by atomic mass is 35.5. The predicted octanol–water partition coefficient (Wildman–Crippen LogP) is 3.81. The number of anilines is 1. The molecule has 1 fully saturated rings. The van der Waals surface area contributed by atoms with Gasteiger partial charge in [0.1, 0.15) is 5.75 Å². The first-order valence-corrected chi connectivity index (χ1v) is 10.2. The fourth-order valence-electron chi connectivity index (χ4n) is 3.80. The van der Waals surface area contributed by atoms with Gasteiger partial charge >= 0.3 is 0 Å². The van der Waals surface area contributed by atoms with Gasteiger partial charge in [0.2, 0.25) is 5.75 Å². The highest BCUT2D eigenvalue weighted by Crippen LogP contribution is 2.40. The van der Waals surface area contributed by atoms with Crippen LogP contribution in [0, 0.1) is 0 Å². The topological polar surface area (TPSA) is 63.6 Å². The number of methoxy groups -OCH3 is 4. The first kappa shape index (κ1) is 28.0. The van der Waals surface area contributed by atoms with Crippen molar-refractivity contribution in [3.63, 3.8) is 0 Å². The highest BCUT2D eigenvalue weighted by Gasteiger charge is 2.21. The van der Waals surface area contributed by atoms with Crippen molar-refractivity contribution in [1.29, 1.82) is 0 Å². The Labute approximate surface area is 203 Å². The molecule has 1 aliphatic heterocycles. The van der Waals surface area contributed by atoms with E-state index in [1.165, 1.54) is 5.69 Å². The SMILES string of the molecule is COc1cccc(N2CCN(CCC(O)c3cc(OC)c(OC)c(OC)c3)CC2)c1.Cl.Cl. The maximum Gasteiger partial charge on any atom is 0.203 e. The highest BCUT2D eigenvalue weighted by molar-refractivity contribution is 5.85. The number of benzene rings is 2. The minimum Gasteiger partial charge on any atom is -0.497 e. The number of rotatable bonds is 9. The second-order valence-electron chi connectivity index (χ2n) is 7.29. The third-order valence-electron chi connectivity index (χ3n) is 5.58. The lowest BCUT2D eigenvalue weighted by Crippen LogP contribution is -2.46. The molecule has 1 aliphatic rings. The van der Waals surface area contributed by atoms with Crippen LogP contribution in [0.25, 0.3) is 0 Å². The molecule has 1 atom stereocenters. The van der Waals surface area contributed by atoms with Gasteiger partial charge in [-0.25, -0.2) is 0 Å². The molecular weight excluding hydrogens is 455 g/mol. The number of aliphatic hydroxyl groups excluding tert-OH is 1. The van der Waals surface area contributed by atoms with Crippen LogP contribution >= 0.6 is 24.8 Å². The molecule has 0 amide bonds. The van der Waals surface area contributed by atoms with Gasteiger partial charge in [-0.2, -0.15) is 0 Å². The van der Waals surface area contributed by atoms with E-state index < -0.39 is 6.10 Å². The molecular formula is C23H34Cl2N2O5. The number of hydrogen-bond donors (Lipinski definition) is 1. The molecule has 0 aromatic heterocycles. The lowest BCUT2D eigenvalue weighted by Gasteiger charge is -2.36. The average Bonchev–Trinajstić information content (AvgIpc) is 2.81. The molecule has 1 saturated heterocycles. The predicted molar refractivity (Wildman–Crippen MR) is 132 cm³/mol. The zero-order chi connectivity index (χ0) is 21.5. The molecule has 9 heteroatoms. The van der Waals surface area contributed by atoms with Gasteiger partial charge < -0.3 is 29.0 Å². The third kappa shape index (κ3) is 6.72. The van der Waals surface area contributed by atoms with Gasteiger partial charge in [0, 0.05) is 44.5 Å². The Hall–Kier alpha value is -2.06. The van der Waals surface area contributed by atoms with E-state index in [1.807, 2.05) is 24.3 Å². The van der Waals surface area contributed by atoms with Crippen molar-refractivity contribution in [3.05, 3.63) is 42.0 Å². The lowest BCUT2D eigenvalue weighted by atomic mass is 10.0. The molecule has 2 aromatic carbocycles. The second kappa shape index (κ2) is 13.5. The largest absolute Gasteiger partial charge is 0.497 e. The number of halogens is 2. The van der Waals surface area contributed by atoms with Crippen molar-refractivity contribution < 1.29 is 24.1 Å². The molecule has 0 saturated carbocycles. The average molecular weight is 489 g/mol. The first-order chi connectivity index (χ1) is 14.6. The van der Waals surface area contributed by atoms with E-state index in [-0.39, 0.29) is 24.8 Å². The Morgan fingerprint density at radius 1 is 0.844 bits per heavy atom. The molecule has 0 spiro atoms. The maximum absolute atomic E-state index is 10.7. The molecule has 0 aliphatic carbocycles. The quantitative estimate of drug-likeness (QED) is 0.575. The van der Waals surface area contributed by atoms with E-state index in [9.17, 15) is 5.11 Å². The Balaban J connectivity index is 0.00000256. The fraction of sp³-hybridized carbons (Fsp3) is 0.478. The molecule has 0 radical (unpaired) electrons. The van der Waals surface area contributed by atoms with E-state index >= 15 is 0 Å². The van der Waals surface area contributed by atoms with Crippen molar-refractivity contribution in [2.75, 3.05) is 66.1 Å². The van der Waals surface area contributed by atoms with Crippen molar-refractivity contribution in [2.24, 2.45) is 0 Å². The molecule has 3 rings (SSSR count). The molecule has 0 bridgehead atoms. The summed E-state index contributed by atoms with van der Waals surface area (Å²) < 4.78 is 21.5. The van der Waals surface area contributed by atoms with E-state index in [0.29, 0.717) is 23.7 Å². The first-order valence-electron chi connectivity index (χ1n) is 10.2. The van der Waals surface area contributed by atoms with E-state index in [2.05, 4.69) is 21.9 Å². The van der Waals surface area contributed by atoms with Crippen LogP contribution in [0.5, 0.6) is 23.0 Å². The Kier molecular flexibility index (Phi) is 11.8. The Morgan fingerprint density at radius 2 is 1.47 bits per heavy atom. The summed E-state index contributed by atoms with van der Waals surface area (Å²) in [6, 6.07) is 11.8. The van der Waals surface area contributed by atoms with Gasteiger partial charge in [-0.3, -0.25) is 4.90 Å². The number of aliphatic hydroxyl groups is 1. The number of hydrogen-bond acceptors (Lipinski definition) is 7. The summed E-state index contributed by atoms with van der Waals surface area (Å²) in [5.41, 5.74) is 1.95. The molecule has 32 heavy (non-hydrogen) atoms. The smallest absolute Gasteiger partial charge is 0.203 e. The van der Waals surface area contributed by atoms with Crippen molar-refractivity contribution in [1.82, 2.24) is 4.90 Å². The lowest BCUT2D eigenvalue weighted by molar-refractivity contribution is 0.139. The van der Waals surface area contributed by atoms with E-state index in [0.717, 1.165) is 44.0 Å². The molecule has 1 unspecified atom stereocenters. The molecule has 1 N–H and O–H groups in total. The molecule has 2 aromatic rings. The van der Waals surface area contributed by atoms with Crippen molar-refractivity contribution in [3.8, 4) is 23.0 Å². The van der Waals surface area contributed by atoms with Gasteiger partial charge in [-0.15, -0.1) is 24.8 Å². The fourth-order valence-corrected chi connectivity index (χ4v) is 3.80. The summed E-state index contributed by atoms with van der Waals surface area (Å²) in [4.78, 5) is 4.76. The van der Waals surface area contributed by atoms with Crippen LogP contribution in [-0.4, -0.2) is 71.2 Å². The zero-order valence-corrected chi connectivity index (χ0v) is 20.7. The summed E-state index contributed by atoms with van der Waals surface area (Å²) >= 11 is 0. The Bertz CT molecular complexity index is 807. The van der Waals surface area contributed by atoms with E-state index in [1.54, 1.807) is 28.4 Å². The molecule has 1 heterocycles. The van der Waals surface area contributed by atoms with Crippen molar-refractivity contribution in [2.45, 2.75) is 12.5 Å². The van der Waals surface area contributed by atoms with Gasteiger partial charge in [0.05, 0.1) is 34.5 Å². The summed E-state index contributed by atoms with van der Waals surface area (Å²) in [5.74, 6) is 2.52. The summed E-state index contributed by atoms with van der Waals surface area (Å²) in [6.07, 6.45) is 0.0350. The van der Waals surface area contributed by atoms with Crippen LogP contribution < -0.4 is 23.8 Å². The van der Waals surface area contributed by atoms with Gasteiger partial charge in [0.15, 0.2) is 11.5 Å². The van der Waals surface area contributed by atoms with Crippen LogP contribution in [0.15, 0.2) is 36.4 Å². The third-order valence-corrected chi connectivity index (χ3v) is 5.58. The second-order valence-corrected chi connectivity index (χ2v) is 7.29. The summed E-state index contributed by atoms with van der Waals surface area (Å²) in [6.45, 7) is 4.64. The zero-order valence-electron chi connectivity index (χ0n) is 19.1. The number of ether oxygens (including phenoxy) is 4. The van der Waals surface area contributed by atoms with Gasteiger partial charge in [-0.05, 0) is 36.2 Å². The van der Waals surface area contributed by atoms with Gasteiger partial charge in [-0.1, -0.05) is 6.07 Å². The normalized spacial score (nSPS) is 14.6. The molecule has 7 nitrogen and oxygen atoms in total. The number of nitrogens with zero attached hydrogens (tertiary/aromatic N) is 2. The Morgan fingerprint density at radius 3 is 2.00 bits per heavy atom. The van der Waals surface area contributed by atoms with Crippen LogP contribution in [-0.2, 0) is 0 Å².